The minimum Gasteiger partial charge on any atom is -0.394 e. The van der Waals surface area contributed by atoms with Gasteiger partial charge in [0.2, 0.25) is 0 Å². The van der Waals surface area contributed by atoms with Gasteiger partial charge in [-0.2, -0.15) is 8.42 Å². The molecule has 0 saturated heterocycles. The van der Waals surface area contributed by atoms with Gasteiger partial charge < -0.3 is 14.6 Å². The second-order valence-corrected chi connectivity index (χ2v) is 5.41. The summed E-state index contributed by atoms with van der Waals surface area (Å²) in [6.07, 6.45) is 1.69. The van der Waals surface area contributed by atoms with Crippen LogP contribution in [0.1, 0.15) is 5.56 Å². The van der Waals surface area contributed by atoms with Crippen LogP contribution < -0.4 is 0 Å². The Morgan fingerprint density at radius 1 is 1.14 bits per heavy atom. The molecule has 6 nitrogen and oxygen atoms in total. The molecular weight excluding hydrogens is 296 g/mol. The van der Waals surface area contributed by atoms with Crippen molar-refractivity contribution in [3.63, 3.8) is 0 Å². The van der Waals surface area contributed by atoms with Gasteiger partial charge in [0, 0.05) is 0 Å². The van der Waals surface area contributed by atoms with E-state index in [1.807, 2.05) is 6.92 Å². The molecule has 120 valence electrons. The van der Waals surface area contributed by atoms with Crippen molar-refractivity contribution in [2.75, 3.05) is 33.0 Å². The second kappa shape index (κ2) is 11.4. The van der Waals surface area contributed by atoms with Gasteiger partial charge in [-0.05, 0) is 19.1 Å². The van der Waals surface area contributed by atoms with Crippen molar-refractivity contribution in [2.45, 2.75) is 11.8 Å². The van der Waals surface area contributed by atoms with Gasteiger partial charge in [0.25, 0.3) is 10.1 Å². The summed E-state index contributed by atoms with van der Waals surface area (Å²) in [4.78, 5) is -0.0666. The molecule has 0 spiro atoms. The Morgan fingerprint density at radius 2 is 1.71 bits per heavy atom. The van der Waals surface area contributed by atoms with Crippen LogP contribution in [0.3, 0.4) is 0 Å². The quantitative estimate of drug-likeness (QED) is 0.428. The van der Waals surface area contributed by atoms with E-state index >= 15 is 0 Å². The molecule has 1 aromatic rings. The van der Waals surface area contributed by atoms with E-state index in [9.17, 15) is 8.42 Å². The molecular formula is C14H22O6S. The molecule has 0 radical (unpaired) electrons. The molecule has 0 amide bonds. The lowest BCUT2D eigenvalue weighted by Gasteiger charge is -2.00. The van der Waals surface area contributed by atoms with E-state index in [4.69, 9.17) is 19.1 Å². The molecule has 0 bridgehead atoms. The minimum atomic E-state index is -4.02. The van der Waals surface area contributed by atoms with Crippen LogP contribution in [0.15, 0.2) is 41.8 Å². The van der Waals surface area contributed by atoms with Crippen molar-refractivity contribution in [3.8, 4) is 0 Å². The fourth-order valence-corrected chi connectivity index (χ4v) is 1.64. The number of benzene rings is 1. The average molecular weight is 318 g/mol. The summed E-state index contributed by atoms with van der Waals surface area (Å²) in [6, 6.07) is 5.99. The van der Waals surface area contributed by atoms with E-state index in [0.29, 0.717) is 26.4 Å². The Bertz CT molecular complexity index is 481. The van der Waals surface area contributed by atoms with Crippen LogP contribution in [-0.4, -0.2) is 51.1 Å². The van der Waals surface area contributed by atoms with Crippen molar-refractivity contribution in [1.82, 2.24) is 0 Å². The highest BCUT2D eigenvalue weighted by molar-refractivity contribution is 7.85. The van der Waals surface area contributed by atoms with Gasteiger partial charge in [-0.25, -0.2) is 0 Å². The Hall–Kier alpha value is -1.25. The zero-order valence-electron chi connectivity index (χ0n) is 12.1. The molecule has 0 unspecified atom stereocenters. The van der Waals surface area contributed by atoms with Gasteiger partial charge in [0.15, 0.2) is 0 Å². The number of aliphatic hydroxyl groups excluding tert-OH is 1. The maximum Gasteiger partial charge on any atom is 0.294 e. The third-order valence-electron chi connectivity index (χ3n) is 2.16. The molecule has 0 aliphatic heterocycles. The van der Waals surface area contributed by atoms with Crippen molar-refractivity contribution in [3.05, 3.63) is 42.5 Å². The maximum absolute atomic E-state index is 10.5. The monoisotopic (exact) mass is 318 g/mol. The zero-order chi connectivity index (χ0) is 16.1. The number of ether oxygens (including phenoxy) is 2. The zero-order valence-corrected chi connectivity index (χ0v) is 12.9. The molecule has 21 heavy (non-hydrogen) atoms. The fraction of sp³-hybridized carbons (Fsp3) is 0.429. The van der Waals surface area contributed by atoms with Crippen LogP contribution >= 0.6 is 0 Å². The van der Waals surface area contributed by atoms with Crippen molar-refractivity contribution in [2.24, 2.45) is 0 Å². The standard InChI is InChI=1S/C7H8O3S.C7H14O3/c1-6-2-4-7(5-3-6)11(8,9)10;1-2-4-9-6-7-10-5-3-8/h2-5H,1H3,(H,8,9,10);2,8H,1,3-7H2. The number of hydrogen-bond acceptors (Lipinski definition) is 5. The lowest BCUT2D eigenvalue weighted by Crippen LogP contribution is -2.06. The van der Waals surface area contributed by atoms with E-state index in [1.165, 1.54) is 12.1 Å². The highest BCUT2D eigenvalue weighted by Crippen LogP contribution is 2.08. The van der Waals surface area contributed by atoms with E-state index in [2.05, 4.69) is 6.58 Å². The first-order valence-electron chi connectivity index (χ1n) is 6.33. The molecule has 0 heterocycles. The summed E-state index contributed by atoms with van der Waals surface area (Å²) in [7, 11) is -4.02. The molecule has 0 atom stereocenters. The fourth-order valence-electron chi connectivity index (χ4n) is 1.16. The summed E-state index contributed by atoms with van der Waals surface area (Å²) in [6.45, 7) is 7.44. The van der Waals surface area contributed by atoms with Gasteiger partial charge >= 0.3 is 0 Å². The van der Waals surface area contributed by atoms with Gasteiger partial charge in [-0.3, -0.25) is 4.55 Å². The third-order valence-corrected chi connectivity index (χ3v) is 3.03. The number of aryl methyl sites for hydroxylation is 1. The highest BCUT2D eigenvalue weighted by atomic mass is 32.2. The molecule has 7 heteroatoms. The number of hydrogen-bond donors (Lipinski definition) is 2. The Labute approximate surface area is 125 Å². The lowest BCUT2D eigenvalue weighted by molar-refractivity contribution is 0.0412. The Balaban J connectivity index is 0.000000384. The second-order valence-electron chi connectivity index (χ2n) is 3.99. The molecule has 2 N–H and O–H groups in total. The van der Waals surface area contributed by atoms with E-state index in [1.54, 1.807) is 18.2 Å². The van der Waals surface area contributed by atoms with Gasteiger partial charge in [0.05, 0.1) is 37.9 Å². The topological polar surface area (TPSA) is 93.1 Å². The van der Waals surface area contributed by atoms with Crippen LogP contribution in [0, 0.1) is 6.92 Å². The molecule has 0 saturated carbocycles. The highest BCUT2D eigenvalue weighted by Gasteiger charge is 2.06. The number of aliphatic hydroxyl groups is 1. The SMILES string of the molecule is C=CCOCCOCCO.Cc1ccc(S(=O)(=O)O)cc1. The van der Waals surface area contributed by atoms with Crippen molar-refractivity contribution < 1.29 is 27.6 Å². The van der Waals surface area contributed by atoms with Crippen molar-refractivity contribution in [1.29, 1.82) is 0 Å². The van der Waals surface area contributed by atoms with Crippen LogP contribution in [0.4, 0.5) is 0 Å². The van der Waals surface area contributed by atoms with Gasteiger partial charge in [-0.15, -0.1) is 6.58 Å². The first-order chi connectivity index (χ1) is 9.91. The predicted octanol–water partition coefficient (Wildman–Crippen LogP) is 1.44. The Morgan fingerprint density at radius 3 is 2.19 bits per heavy atom. The molecule has 0 aromatic heterocycles. The average Bonchev–Trinajstić information content (AvgIpc) is 2.43. The van der Waals surface area contributed by atoms with Crippen LogP contribution in [0.25, 0.3) is 0 Å². The summed E-state index contributed by atoms with van der Waals surface area (Å²) in [5.74, 6) is 0. The first kappa shape index (κ1) is 19.8. The van der Waals surface area contributed by atoms with E-state index in [-0.39, 0.29) is 11.5 Å². The summed E-state index contributed by atoms with van der Waals surface area (Å²) < 4.78 is 39.5. The summed E-state index contributed by atoms with van der Waals surface area (Å²) in [5, 5.41) is 8.29. The normalized spacial score (nSPS) is 10.6. The Kier molecular flexibility index (Phi) is 10.7. The first-order valence-corrected chi connectivity index (χ1v) is 7.77. The third kappa shape index (κ3) is 11.1. The van der Waals surface area contributed by atoms with Crippen LogP contribution in [0.5, 0.6) is 0 Å². The predicted molar refractivity (Wildman–Crippen MR) is 79.9 cm³/mol. The molecule has 1 rings (SSSR count). The van der Waals surface area contributed by atoms with E-state index in [0.717, 1.165) is 5.56 Å². The molecule has 1 aromatic carbocycles. The smallest absolute Gasteiger partial charge is 0.294 e. The van der Waals surface area contributed by atoms with Gasteiger partial charge in [-0.1, -0.05) is 23.8 Å². The van der Waals surface area contributed by atoms with Crippen LogP contribution in [-0.2, 0) is 19.6 Å². The maximum atomic E-state index is 10.5. The number of rotatable bonds is 8. The minimum absolute atomic E-state index is 0.0666. The van der Waals surface area contributed by atoms with Crippen molar-refractivity contribution >= 4 is 10.1 Å². The largest absolute Gasteiger partial charge is 0.394 e. The van der Waals surface area contributed by atoms with Crippen LogP contribution in [0.2, 0.25) is 0 Å². The van der Waals surface area contributed by atoms with E-state index < -0.39 is 10.1 Å². The molecule has 0 fully saturated rings. The lowest BCUT2D eigenvalue weighted by atomic mass is 10.2. The summed E-state index contributed by atoms with van der Waals surface area (Å²) >= 11 is 0. The molecule has 0 aliphatic carbocycles. The molecule has 0 aliphatic rings. The summed E-state index contributed by atoms with van der Waals surface area (Å²) in [5.41, 5.74) is 0.956. The van der Waals surface area contributed by atoms with Gasteiger partial charge in [0.1, 0.15) is 0 Å².